The number of unbranched alkanes of at least 4 members (excludes halogenated alkanes) is 1. The summed E-state index contributed by atoms with van der Waals surface area (Å²) in [5, 5.41) is 11.3. The molecule has 1 amide bonds. The van der Waals surface area contributed by atoms with Crippen LogP contribution < -0.4 is 10.1 Å². The second kappa shape index (κ2) is 9.64. The first kappa shape index (κ1) is 18.7. The van der Waals surface area contributed by atoms with E-state index in [2.05, 4.69) is 42.4 Å². The van der Waals surface area contributed by atoms with Crippen LogP contribution in [0.5, 0.6) is 5.75 Å². The van der Waals surface area contributed by atoms with Gasteiger partial charge in [0.25, 0.3) is 5.91 Å². The molecule has 1 heterocycles. The first-order chi connectivity index (χ1) is 11.6. The molecule has 0 aliphatic rings. The van der Waals surface area contributed by atoms with Gasteiger partial charge in [-0.2, -0.15) is 0 Å². The van der Waals surface area contributed by atoms with Gasteiger partial charge in [-0.25, -0.2) is 0 Å². The Morgan fingerprint density at radius 1 is 1.38 bits per heavy atom. The smallest absolute Gasteiger partial charge is 0.264 e. The molecule has 0 atom stereocenters. The maximum atomic E-state index is 12.0. The largest absolute Gasteiger partial charge is 0.484 e. The van der Waals surface area contributed by atoms with Crippen molar-refractivity contribution in [2.45, 2.75) is 43.9 Å². The average Bonchev–Trinajstić information content (AvgIpc) is 3.01. The highest BCUT2D eigenvalue weighted by molar-refractivity contribution is 8.01. The number of benzene rings is 1. The van der Waals surface area contributed by atoms with Gasteiger partial charge in [-0.3, -0.25) is 10.1 Å². The standard InChI is InChI=1S/C17H23N3O2S2/c1-4-5-9-23-17-20-19-16(24-17)18-15(21)11-22-14-8-6-7-13(10-14)12(2)3/h6-8,10,12H,4-5,9,11H2,1-3H3,(H,18,19,21). The van der Waals surface area contributed by atoms with Crippen LogP contribution in [0.25, 0.3) is 0 Å². The van der Waals surface area contributed by atoms with Crippen molar-refractivity contribution in [2.75, 3.05) is 17.7 Å². The molecule has 0 aliphatic carbocycles. The molecule has 0 spiro atoms. The lowest BCUT2D eigenvalue weighted by atomic mass is 10.0. The highest BCUT2D eigenvalue weighted by Gasteiger charge is 2.10. The third-order valence-corrected chi connectivity index (χ3v) is 5.33. The van der Waals surface area contributed by atoms with E-state index in [1.165, 1.54) is 16.9 Å². The maximum absolute atomic E-state index is 12.0. The van der Waals surface area contributed by atoms with Crippen LogP contribution in [0.3, 0.4) is 0 Å². The van der Waals surface area contributed by atoms with Crippen LogP contribution in [0.2, 0.25) is 0 Å². The molecule has 1 N–H and O–H groups in total. The zero-order valence-electron chi connectivity index (χ0n) is 14.2. The lowest BCUT2D eigenvalue weighted by molar-refractivity contribution is -0.118. The molecule has 130 valence electrons. The van der Waals surface area contributed by atoms with Crippen molar-refractivity contribution in [1.29, 1.82) is 0 Å². The highest BCUT2D eigenvalue weighted by atomic mass is 32.2. The van der Waals surface area contributed by atoms with Gasteiger partial charge in [0, 0.05) is 5.75 Å². The first-order valence-electron chi connectivity index (χ1n) is 8.07. The van der Waals surface area contributed by atoms with Crippen LogP contribution in [0.15, 0.2) is 28.6 Å². The van der Waals surface area contributed by atoms with E-state index < -0.39 is 0 Å². The van der Waals surface area contributed by atoms with Crippen molar-refractivity contribution in [3.63, 3.8) is 0 Å². The number of amides is 1. The summed E-state index contributed by atoms with van der Waals surface area (Å²) in [6, 6.07) is 7.81. The van der Waals surface area contributed by atoms with Gasteiger partial charge in [0.1, 0.15) is 5.75 Å². The summed E-state index contributed by atoms with van der Waals surface area (Å²) < 4.78 is 6.44. The summed E-state index contributed by atoms with van der Waals surface area (Å²) in [5.74, 6) is 1.91. The fraction of sp³-hybridized carbons (Fsp3) is 0.471. The van der Waals surface area contributed by atoms with E-state index in [0.29, 0.717) is 16.8 Å². The molecule has 1 aromatic heterocycles. The maximum Gasteiger partial charge on any atom is 0.264 e. The number of thioether (sulfide) groups is 1. The van der Waals surface area contributed by atoms with Crippen molar-refractivity contribution < 1.29 is 9.53 Å². The lowest BCUT2D eigenvalue weighted by Crippen LogP contribution is -2.20. The number of nitrogens with one attached hydrogen (secondary N) is 1. The fourth-order valence-electron chi connectivity index (χ4n) is 1.89. The second-order valence-electron chi connectivity index (χ2n) is 5.64. The zero-order valence-corrected chi connectivity index (χ0v) is 15.9. The average molecular weight is 366 g/mol. The Morgan fingerprint density at radius 3 is 2.96 bits per heavy atom. The van der Waals surface area contributed by atoms with Crippen LogP contribution in [0, 0.1) is 0 Å². The monoisotopic (exact) mass is 365 g/mol. The molecule has 5 nitrogen and oxygen atoms in total. The number of carbonyl (C=O) groups is 1. The number of rotatable bonds is 9. The number of carbonyl (C=O) groups excluding carboxylic acids is 1. The van der Waals surface area contributed by atoms with Gasteiger partial charge in [-0.05, 0) is 30.0 Å². The van der Waals surface area contributed by atoms with E-state index >= 15 is 0 Å². The number of nitrogens with zero attached hydrogens (tertiary/aromatic N) is 2. The Morgan fingerprint density at radius 2 is 2.21 bits per heavy atom. The van der Waals surface area contributed by atoms with Crippen molar-refractivity contribution in [1.82, 2.24) is 10.2 Å². The molecule has 0 radical (unpaired) electrons. The predicted molar refractivity (Wildman–Crippen MR) is 100 cm³/mol. The Bertz CT molecular complexity index is 659. The van der Waals surface area contributed by atoms with Gasteiger partial charge < -0.3 is 4.74 Å². The quantitative estimate of drug-likeness (QED) is 0.400. The summed E-state index contributed by atoms with van der Waals surface area (Å²) >= 11 is 3.06. The number of ether oxygens (including phenoxy) is 1. The van der Waals surface area contributed by atoms with Crippen LogP contribution in [0.1, 0.15) is 45.1 Å². The number of hydrogen-bond acceptors (Lipinski definition) is 6. The molecule has 0 saturated heterocycles. The molecule has 7 heteroatoms. The molecular formula is C17H23N3O2S2. The fourth-order valence-corrected chi connectivity index (χ4v) is 3.81. The third kappa shape index (κ3) is 6.13. The molecule has 2 rings (SSSR count). The van der Waals surface area contributed by atoms with E-state index in [1.807, 2.05) is 18.2 Å². The van der Waals surface area contributed by atoms with Crippen molar-refractivity contribution in [3.05, 3.63) is 29.8 Å². The second-order valence-corrected chi connectivity index (χ2v) is 7.96. The van der Waals surface area contributed by atoms with E-state index in [-0.39, 0.29) is 12.5 Å². The van der Waals surface area contributed by atoms with Gasteiger partial charge in [0.15, 0.2) is 10.9 Å². The Labute approximate surface area is 151 Å². The molecule has 2 aromatic rings. The van der Waals surface area contributed by atoms with E-state index in [4.69, 9.17) is 4.74 Å². The van der Waals surface area contributed by atoms with Gasteiger partial charge in [0.05, 0.1) is 0 Å². The molecular weight excluding hydrogens is 342 g/mol. The summed E-state index contributed by atoms with van der Waals surface area (Å²) in [6.07, 6.45) is 2.31. The van der Waals surface area contributed by atoms with Crippen LogP contribution in [-0.4, -0.2) is 28.5 Å². The van der Waals surface area contributed by atoms with Crippen LogP contribution in [0.4, 0.5) is 5.13 Å². The normalized spacial score (nSPS) is 10.8. The van der Waals surface area contributed by atoms with E-state index in [1.54, 1.807) is 11.8 Å². The van der Waals surface area contributed by atoms with Crippen molar-refractivity contribution in [3.8, 4) is 5.75 Å². The molecule has 24 heavy (non-hydrogen) atoms. The van der Waals surface area contributed by atoms with Crippen LogP contribution >= 0.6 is 23.1 Å². The molecule has 0 fully saturated rings. The summed E-state index contributed by atoms with van der Waals surface area (Å²) in [4.78, 5) is 12.0. The minimum atomic E-state index is -0.230. The molecule has 0 saturated carbocycles. The predicted octanol–water partition coefficient (Wildman–Crippen LogP) is 4.57. The van der Waals surface area contributed by atoms with E-state index in [9.17, 15) is 4.79 Å². The number of anilines is 1. The minimum absolute atomic E-state index is 0.0422. The van der Waals surface area contributed by atoms with Gasteiger partial charge in [0.2, 0.25) is 5.13 Å². The number of hydrogen-bond donors (Lipinski definition) is 1. The van der Waals surface area contributed by atoms with Crippen LogP contribution in [-0.2, 0) is 4.79 Å². The van der Waals surface area contributed by atoms with Crippen molar-refractivity contribution >= 4 is 34.1 Å². The Kier molecular flexibility index (Phi) is 7.52. The lowest BCUT2D eigenvalue weighted by Gasteiger charge is -2.09. The molecule has 0 bridgehead atoms. The summed E-state index contributed by atoms with van der Waals surface area (Å²) in [7, 11) is 0. The SMILES string of the molecule is CCCCSc1nnc(NC(=O)COc2cccc(C(C)C)c2)s1. The Hall–Kier alpha value is -1.60. The third-order valence-electron chi connectivity index (χ3n) is 3.27. The molecule has 1 aromatic carbocycles. The minimum Gasteiger partial charge on any atom is -0.484 e. The summed E-state index contributed by atoms with van der Waals surface area (Å²) in [6.45, 7) is 6.36. The Balaban J connectivity index is 1.80. The molecule has 0 aliphatic heterocycles. The first-order valence-corrected chi connectivity index (χ1v) is 9.87. The zero-order chi connectivity index (χ0) is 17.4. The van der Waals surface area contributed by atoms with E-state index in [0.717, 1.165) is 22.9 Å². The number of aromatic nitrogens is 2. The summed E-state index contributed by atoms with van der Waals surface area (Å²) in [5.41, 5.74) is 1.19. The van der Waals surface area contributed by atoms with Gasteiger partial charge in [-0.1, -0.05) is 62.4 Å². The molecule has 0 unspecified atom stereocenters. The topological polar surface area (TPSA) is 64.1 Å². The van der Waals surface area contributed by atoms with Crippen molar-refractivity contribution in [2.24, 2.45) is 0 Å². The highest BCUT2D eigenvalue weighted by Crippen LogP contribution is 2.26. The van der Waals surface area contributed by atoms with Gasteiger partial charge >= 0.3 is 0 Å². The van der Waals surface area contributed by atoms with Gasteiger partial charge in [-0.15, -0.1) is 10.2 Å².